The molecular weight excluding hydrogens is 320 g/mol. The van der Waals surface area contributed by atoms with Crippen LogP contribution in [0.1, 0.15) is 12.1 Å². The molecule has 8 heteroatoms. The van der Waals surface area contributed by atoms with Crippen LogP contribution >= 0.6 is 11.6 Å². The normalized spacial score (nSPS) is 10.2. The van der Waals surface area contributed by atoms with Gasteiger partial charge < -0.3 is 15.2 Å². The molecule has 0 aliphatic rings. The fourth-order valence-electron chi connectivity index (χ4n) is 1.70. The Morgan fingerprint density at radius 2 is 2.13 bits per heavy atom. The molecule has 0 spiro atoms. The fourth-order valence-corrected chi connectivity index (χ4v) is 1.87. The molecule has 0 fully saturated rings. The van der Waals surface area contributed by atoms with E-state index in [2.05, 4.69) is 20.6 Å². The van der Waals surface area contributed by atoms with Gasteiger partial charge in [0.15, 0.2) is 5.82 Å². The zero-order valence-corrected chi connectivity index (χ0v) is 13.3. The van der Waals surface area contributed by atoms with Gasteiger partial charge in [-0.05, 0) is 25.1 Å². The quantitative estimate of drug-likeness (QED) is 0.705. The highest BCUT2D eigenvalue weighted by molar-refractivity contribution is 6.31. The van der Waals surface area contributed by atoms with Crippen LogP contribution < -0.4 is 15.4 Å². The smallest absolute Gasteiger partial charge is 0.325 e. The lowest BCUT2D eigenvalue weighted by Gasteiger charge is -2.13. The highest BCUT2D eigenvalue weighted by Gasteiger charge is 2.10. The molecule has 1 heterocycles. The van der Waals surface area contributed by atoms with E-state index in [1.54, 1.807) is 31.3 Å². The fraction of sp³-hybridized carbons (Fsp3) is 0.267. The van der Waals surface area contributed by atoms with Crippen LogP contribution in [0, 0.1) is 6.92 Å². The summed E-state index contributed by atoms with van der Waals surface area (Å²) >= 11 is 5.95. The van der Waals surface area contributed by atoms with Gasteiger partial charge in [0, 0.05) is 18.1 Å². The molecule has 0 unspecified atom stereocenters. The van der Waals surface area contributed by atoms with E-state index in [1.807, 2.05) is 0 Å². The number of halogens is 1. The van der Waals surface area contributed by atoms with Crippen LogP contribution in [0.2, 0.25) is 5.02 Å². The number of ether oxygens (including phenoxy) is 1. The van der Waals surface area contributed by atoms with Gasteiger partial charge in [0.1, 0.15) is 5.75 Å². The molecule has 2 amide bonds. The first-order valence-corrected chi connectivity index (χ1v) is 7.36. The van der Waals surface area contributed by atoms with Crippen LogP contribution in [0.4, 0.5) is 16.3 Å². The minimum absolute atomic E-state index is 0.0307. The maximum absolute atomic E-state index is 12.0. The van der Waals surface area contributed by atoms with Gasteiger partial charge in [-0.2, -0.15) is 0 Å². The molecule has 2 rings (SSSR count). The number of carbonyl (C=O) groups excluding carboxylic acids is 1. The average Bonchev–Trinajstić information content (AvgIpc) is 2.52. The lowest BCUT2D eigenvalue weighted by Crippen LogP contribution is -2.20. The summed E-state index contributed by atoms with van der Waals surface area (Å²) in [6, 6.07) is 4.40. The molecule has 0 bridgehead atoms. The van der Waals surface area contributed by atoms with Crippen LogP contribution in [-0.4, -0.2) is 34.3 Å². The number of aliphatic hydroxyl groups excluding tert-OH is 1. The maximum Gasteiger partial charge on any atom is 0.325 e. The minimum Gasteiger partial charge on any atom is -0.491 e. The van der Waals surface area contributed by atoms with Crippen molar-refractivity contribution in [2.45, 2.75) is 13.3 Å². The van der Waals surface area contributed by atoms with Crippen LogP contribution in [0.5, 0.6) is 5.75 Å². The molecular formula is C15H17ClN4O3. The third-order valence-corrected chi connectivity index (χ3v) is 3.01. The molecule has 1 aromatic heterocycles. The Kier molecular flexibility index (Phi) is 6.13. The summed E-state index contributed by atoms with van der Waals surface area (Å²) in [5.41, 5.74) is 1.18. The molecule has 0 atom stereocenters. The van der Waals surface area contributed by atoms with Gasteiger partial charge in [-0.3, -0.25) is 10.3 Å². The molecule has 1 aromatic carbocycles. The van der Waals surface area contributed by atoms with Crippen molar-refractivity contribution >= 4 is 29.1 Å². The Balaban J connectivity index is 2.03. The Morgan fingerprint density at radius 3 is 2.83 bits per heavy atom. The molecule has 0 aliphatic carbocycles. The van der Waals surface area contributed by atoms with E-state index >= 15 is 0 Å². The van der Waals surface area contributed by atoms with E-state index in [4.69, 9.17) is 21.4 Å². The van der Waals surface area contributed by atoms with Crippen LogP contribution in [-0.2, 0) is 0 Å². The number of aliphatic hydroxyl groups is 1. The summed E-state index contributed by atoms with van der Waals surface area (Å²) < 4.78 is 5.51. The number of hydrogen-bond donors (Lipinski definition) is 3. The van der Waals surface area contributed by atoms with Crippen molar-refractivity contribution in [1.82, 2.24) is 9.97 Å². The van der Waals surface area contributed by atoms with Crippen molar-refractivity contribution in [3.63, 3.8) is 0 Å². The number of nitrogens with zero attached hydrogens (tertiary/aromatic N) is 2. The van der Waals surface area contributed by atoms with Gasteiger partial charge >= 0.3 is 6.03 Å². The first-order valence-electron chi connectivity index (χ1n) is 6.98. The third kappa shape index (κ3) is 5.39. The minimum atomic E-state index is -0.488. The molecule has 0 aliphatic heterocycles. The molecule has 23 heavy (non-hydrogen) atoms. The predicted octanol–water partition coefficient (Wildman–Crippen LogP) is 2.84. The molecule has 7 nitrogen and oxygen atoms in total. The number of rotatable bonds is 6. The number of aromatic nitrogens is 2. The summed E-state index contributed by atoms with van der Waals surface area (Å²) in [7, 11) is 0. The van der Waals surface area contributed by atoms with E-state index < -0.39 is 6.03 Å². The van der Waals surface area contributed by atoms with E-state index in [-0.39, 0.29) is 6.61 Å². The number of amides is 2. The van der Waals surface area contributed by atoms with Gasteiger partial charge in [-0.15, -0.1) is 0 Å². The predicted molar refractivity (Wildman–Crippen MR) is 88.1 cm³/mol. The monoisotopic (exact) mass is 336 g/mol. The highest BCUT2D eigenvalue weighted by Crippen LogP contribution is 2.28. The molecule has 0 saturated carbocycles. The summed E-state index contributed by atoms with van der Waals surface area (Å²) in [6.45, 7) is 2.17. The van der Waals surface area contributed by atoms with E-state index in [9.17, 15) is 4.79 Å². The van der Waals surface area contributed by atoms with Crippen molar-refractivity contribution < 1.29 is 14.6 Å². The zero-order valence-electron chi connectivity index (χ0n) is 12.5. The molecule has 0 radical (unpaired) electrons. The van der Waals surface area contributed by atoms with Gasteiger partial charge in [0.05, 0.1) is 30.4 Å². The van der Waals surface area contributed by atoms with Gasteiger partial charge in [-0.1, -0.05) is 11.6 Å². The van der Waals surface area contributed by atoms with E-state index in [1.165, 1.54) is 6.20 Å². The first-order chi connectivity index (χ1) is 11.1. The van der Waals surface area contributed by atoms with Crippen molar-refractivity contribution in [1.29, 1.82) is 0 Å². The Hall–Kier alpha value is -2.38. The summed E-state index contributed by atoms with van der Waals surface area (Å²) in [6.07, 6.45) is 3.51. The Morgan fingerprint density at radius 1 is 1.30 bits per heavy atom. The summed E-state index contributed by atoms with van der Waals surface area (Å²) in [5.74, 6) is 0.797. The number of carbonyl (C=O) groups is 1. The Bertz CT molecular complexity index is 664. The maximum atomic E-state index is 12.0. The van der Waals surface area contributed by atoms with Crippen molar-refractivity contribution in [3.8, 4) is 5.75 Å². The second-order valence-corrected chi connectivity index (χ2v) is 5.12. The largest absolute Gasteiger partial charge is 0.491 e. The van der Waals surface area contributed by atoms with E-state index in [0.717, 1.165) is 5.69 Å². The SMILES string of the molecule is Cc1cnc(NC(=O)Nc2cc(Cl)ccc2OCCCO)cn1. The summed E-state index contributed by atoms with van der Waals surface area (Å²) in [4.78, 5) is 20.1. The van der Waals surface area contributed by atoms with Crippen LogP contribution in [0.25, 0.3) is 0 Å². The number of benzene rings is 1. The van der Waals surface area contributed by atoms with Crippen molar-refractivity contribution in [2.75, 3.05) is 23.8 Å². The number of aryl methyl sites for hydroxylation is 1. The Labute approximate surface area is 138 Å². The lowest BCUT2D eigenvalue weighted by molar-refractivity contribution is 0.234. The van der Waals surface area contributed by atoms with Crippen LogP contribution in [0.3, 0.4) is 0 Å². The van der Waals surface area contributed by atoms with Crippen molar-refractivity contribution in [3.05, 3.63) is 41.3 Å². The number of nitrogens with one attached hydrogen (secondary N) is 2. The van der Waals surface area contributed by atoms with Crippen LogP contribution in [0.15, 0.2) is 30.6 Å². The number of urea groups is 1. The zero-order chi connectivity index (χ0) is 16.7. The van der Waals surface area contributed by atoms with Gasteiger partial charge in [0.25, 0.3) is 0 Å². The molecule has 3 N–H and O–H groups in total. The van der Waals surface area contributed by atoms with E-state index in [0.29, 0.717) is 35.3 Å². The first kappa shape index (κ1) is 17.0. The summed E-state index contributed by atoms with van der Waals surface area (Å²) in [5, 5.41) is 14.5. The molecule has 122 valence electrons. The second kappa shape index (κ2) is 8.30. The number of anilines is 2. The highest BCUT2D eigenvalue weighted by atomic mass is 35.5. The topological polar surface area (TPSA) is 96.4 Å². The van der Waals surface area contributed by atoms with Crippen molar-refractivity contribution in [2.24, 2.45) is 0 Å². The molecule has 0 saturated heterocycles. The lowest BCUT2D eigenvalue weighted by atomic mass is 10.3. The average molecular weight is 337 g/mol. The van der Waals surface area contributed by atoms with Gasteiger partial charge in [0.2, 0.25) is 0 Å². The molecule has 2 aromatic rings. The standard InChI is InChI=1S/C15H17ClN4O3/c1-10-8-18-14(9-17-10)20-15(22)19-12-7-11(16)3-4-13(12)23-6-2-5-21/h3-4,7-9,21H,2,5-6H2,1H3,(H2,18,19,20,22). The third-order valence-electron chi connectivity index (χ3n) is 2.77. The van der Waals surface area contributed by atoms with Gasteiger partial charge in [-0.25, -0.2) is 9.78 Å². The number of hydrogen-bond acceptors (Lipinski definition) is 5. The second-order valence-electron chi connectivity index (χ2n) is 4.69.